The molecule has 78 valence electrons. The zero-order chi connectivity index (χ0) is 11.0. The number of aromatic nitrogens is 2. The summed E-state index contributed by atoms with van der Waals surface area (Å²) in [6, 6.07) is 3.89. The summed E-state index contributed by atoms with van der Waals surface area (Å²) >= 11 is 0. The first kappa shape index (κ1) is 9.71. The highest BCUT2D eigenvalue weighted by atomic mass is 16.5. The number of ether oxygens (including phenoxy) is 1. The van der Waals surface area contributed by atoms with Crippen LogP contribution in [0.1, 0.15) is 21.7 Å². The standard InChI is InChI=1S/C11H12N2O2/c1-7-5-4-6-13-8(2)9(11(14)15-3)12-10(7)13/h4-6H,1-3H3. The number of pyridine rings is 1. The first-order chi connectivity index (χ1) is 7.15. The fourth-order valence-corrected chi connectivity index (χ4v) is 1.61. The third-order valence-corrected chi connectivity index (χ3v) is 2.46. The minimum atomic E-state index is -0.393. The van der Waals surface area contributed by atoms with E-state index in [1.54, 1.807) is 0 Å². The lowest BCUT2D eigenvalue weighted by atomic mass is 10.3. The summed E-state index contributed by atoms with van der Waals surface area (Å²) in [7, 11) is 1.36. The smallest absolute Gasteiger partial charge is 0.358 e. The SMILES string of the molecule is COC(=O)c1nc2c(C)cccn2c1C. The van der Waals surface area contributed by atoms with Crippen LogP contribution in [-0.4, -0.2) is 22.5 Å². The number of nitrogens with zero attached hydrogens (tertiary/aromatic N) is 2. The van der Waals surface area contributed by atoms with Crippen LogP contribution in [0.4, 0.5) is 0 Å². The van der Waals surface area contributed by atoms with Crippen molar-refractivity contribution in [1.82, 2.24) is 9.38 Å². The van der Waals surface area contributed by atoms with Crippen molar-refractivity contribution in [2.45, 2.75) is 13.8 Å². The summed E-state index contributed by atoms with van der Waals surface area (Å²) in [5.41, 5.74) is 3.03. The average molecular weight is 204 g/mol. The average Bonchev–Trinajstić information content (AvgIpc) is 2.57. The van der Waals surface area contributed by atoms with Crippen LogP contribution in [0.5, 0.6) is 0 Å². The van der Waals surface area contributed by atoms with Crippen molar-refractivity contribution < 1.29 is 9.53 Å². The minimum Gasteiger partial charge on any atom is -0.464 e. The molecule has 0 unspecified atom stereocenters. The second kappa shape index (κ2) is 3.38. The lowest BCUT2D eigenvalue weighted by molar-refractivity contribution is 0.0594. The molecule has 0 bridgehead atoms. The first-order valence-electron chi connectivity index (χ1n) is 4.67. The van der Waals surface area contributed by atoms with E-state index in [1.165, 1.54) is 7.11 Å². The van der Waals surface area contributed by atoms with Crippen molar-refractivity contribution in [2.24, 2.45) is 0 Å². The van der Waals surface area contributed by atoms with Gasteiger partial charge in [0.2, 0.25) is 0 Å². The molecule has 15 heavy (non-hydrogen) atoms. The summed E-state index contributed by atoms with van der Waals surface area (Å²) in [5.74, 6) is -0.393. The molecule has 0 atom stereocenters. The largest absolute Gasteiger partial charge is 0.464 e. The maximum atomic E-state index is 11.4. The van der Waals surface area contributed by atoms with E-state index in [0.717, 1.165) is 16.9 Å². The van der Waals surface area contributed by atoms with Crippen LogP contribution in [-0.2, 0) is 4.74 Å². The molecule has 0 aliphatic heterocycles. The van der Waals surface area contributed by atoms with Crippen molar-refractivity contribution in [3.8, 4) is 0 Å². The van der Waals surface area contributed by atoms with Gasteiger partial charge in [-0.25, -0.2) is 9.78 Å². The lowest BCUT2D eigenvalue weighted by Gasteiger charge is -1.97. The maximum absolute atomic E-state index is 11.4. The van der Waals surface area contributed by atoms with Gasteiger partial charge < -0.3 is 9.14 Å². The molecule has 2 aromatic heterocycles. The Morgan fingerprint density at radius 2 is 2.20 bits per heavy atom. The van der Waals surface area contributed by atoms with Gasteiger partial charge in [-0.2, -0.15) is 0 Å². The quantitative estimate of drug-likeness (QED) is 0.664. The van der Waals surface area contributed by atoms with Crippen LogP contribution >= 0.6 is 0 Å². The summed E-state index contributed by atoms with van der Waals surface area (Å²) in [5, 5.41) is 0. The van der Waals surface area contributed by atoms with E-state index >= 15 is 0 Å². The third-order valence-electron chi connectivity index (χ3n) is 2.46. The number of methoxy groups -OCH3 is 1. The number of rotatable bonds is 1. The number of hydrogen-bond donors (Lipinski definition) is 0. The van der Waals surface area contributed by atoms with Gasteiger partial charge in [0.15, 0.2) is 5.69 Å². The molecule has 0 fully saturated rings. The van der Waals surface area contributed by atoms with Crippen LogP contribution < -0.4 is 0 Å². The molecule has 2 aromatic rings. The van der Waals surface area contributed by atoms with Crippen LogP contribution in [0.2, 0.25) is 0 Å². The van der Waals surface area contributed by atoms with E-state index in [0.29, 0.717) is 5.69 Å². The van der Waals surface area contributed by atoms with Gasteiger partial charge in [0, 0.05) is 6.20 Å². The number of carbonyl (C=O) groups excluding carboxylic acids is 1. The topological polar surface area (TPSA) is 43.6 Å². The Morgan fingerprint density at radius 1 is 1.47 bits per heavy atom. The van der Waals surface area contributed by atoms with E-state index < -0.39 is 5.97 Å². The van der Waals surface area contributed by atoms with Gasteiger partial charge in [-0.3, -0.25) is 0 Å². The van der Waals surface area contributed by atoms with Gasteiger partial charge in [0.1, 0.15) is 5.65 Å². The van der Waals surface area contributed by atoms with E-state index in [1.807, 2.05) is 36.6 Å². The molecule has 0 saturated carbocycles. The second-order valence-electron chi connectivity index (χ2n) is 3.42. The molecule has 0 aromatic carbocycles. The summed E-state index contributed by atoms with van der Waals surface area (Å²) in [6.07, 6.45) is 1.89. The van der Waals surface area contributed by atoms with E-state index in [2.05, 4.69) is 9.72 Å². The van der Waals surface area contributed by atoms with Crippen molar-refractivity contribution in [3.05, 3.63) is 35.3 Å². The molecule has 0 amide bonds. The highest BCUT2D eigenvalue weighted by Crippen LogP contribution is 2.15. The number of aryl methyl sites for hydroxylation is 2. The predicted octanol–water partition coefficient (Wildman–Crippen LogP) is 1.74. The molecule has 4 nitrogen and oxygen atoms in total. The third kappa shape index (κ3) is 1.38. The highest BCUT2D eigenvalue weighted by molar-refractivity contribution is 5.89. The fraction of sp³-hybridized carbons (Fsp3) is 0.273. The molecule has 0 saturated heterocycles. The molecular weight excluding hydrogens is 192 g/mol. The number of carbonyl (C=O) groups is 1. The Kier molecular flexibility index (Phi) is 2.19. The van der Waals surface area contributed by atoms with E-state index in [-0.39, 0.29) is 0 Å². The predicted molar refractivity (Wildman–Crippen MR) is 56.0 cm³/mol. The highest BCUT2D eigenvalue weighted by Gasteiger charge is 2.16. The van der Waals surface area contributed by atoms with Gasteiger partial charge in [-0.1, -0.05) is 6.07 Å². The Labute approximate surface area is 87.5 Å². The monoisotopic (exact) mass is 204 g/mol. The fourth-order valence-electron chi connectivity index (χ4n) is 1.61. The van der Waals surface area contributed by atoms with Crippen molar-refractivity contribution in [1.29, 1.82) is 0 Å². The first-order valence-corrected chi connectivity index (χ1v) is 4.67. The lowest BCUT2D eigenvalue weighted by Crippen LogP contribution is -2.03. The molecule has 0 N–H and O–H groups in total. The van der Waals surface area contributed by atoms with Crippen molar-refractivity contribution in [2.75, 3.05) is 7.11 Å². The second-order valence-corrected chi connectivity index (χ2v) is 3.42. The Bertz CT molecular complexity index is 529. The van der Waals surface area contributed by atoms with Gasteiger partial charge in [-0.05, 0) is 25.5 Å². The summed E-state index contributed by atoms with van der Waals surface area (Å²) < 4.78 is 6.56. The van der Waals surface area contributed by atoms with Gasteiger partial charge in [0.25, 0.3) is 0 Å². The molecular formula is C11H12N2O2. The molecule has 0 aliphatic rings. The van der Waals surface area contributed by atoms with Gasteiger partial charge in [-0.15, -0.1) is 0 Å². The van der Waals surface area contributed by atoms with Gasteiger partial charge in [0.05, 0.1) is 12.8 Å². The molecule has 0 spiro atoms. The summed E-state index contributed by atoms with van der Waals surface area (Å²) in [4.78, 5) is 15.7. The number of esters is 1. The Balaban J connectivity index is 2.75. The van der Waals surface area contributed by atoms with Crippen molar-refractivity contribution in [3.63, 3.8) is 0 Å². The van der Waals surface area contributed by atoms with E-state index in [4.69, 9.17) is 0 Å². The number of fused-ring (bicyclic) bond motifs is 1. The number of imidazole rings is 1. The summed E-state index contributed by atoms with van der Waals surface area (Å²) in [6.45, 7) is 3.81. The van der Waals surface area contributed by atoms with Crippen molar-refractivity contribution >= 4 is 11.6 Å². The molecule has 0 aliphatic carbocycles. The Morgan fingerprint density at radius 3 is 2.80 bits per heavy atom. The molecule has 4 heteroatoms. The molecule has 2 heterocycles. The number of hydrogen-bond acceptors (Lipinski definition) is 3. The van der Waals surface area contributed by atoms with E-state index in [9.17, 15) is 4.79 Å². The maximum Gasteiger partial charge on any atom is 0.358 e. The zero-order valence-electron chi connectivity index (χ0n) is 8.94. The molecule has 0 radical (unpaired) electrons. The Hall–Kier alpha value is -1.84. The minimum absolute atomic E-state index is 0.381. The van der Waals surface area contributed by atoms with Crippen LogP contribution in [0, 0.1) is 13.8 Å². The van der Waals surface area contributed by atoms with Crippen LogP contribution in [0.15, 0.2) is 18.3 Å². The normalized spacial score (nSPS) is 10.6. The molecule has 2 rings (SSSR count). The van der Waals surface area contributed by atoms with Crippen LogP contribution in [0.25, 0.3) is 5.65 Å². The zero-order valence-corrected chi connectivity index (χ0v) is 8.94. The van der Waals surface area contributed by atoms with Crippen LogP contribution in [0.3, 0.4) is 0 Å². The van der Waals surface area contributed by atoms with Gasteiger partial charge >= 0.3 is 5.97 Å².